The lowest BCUT2D eigenvalue weighted by atomic mass is 10.2. The number of carbonyl (C=O) groups excluding carboxylic acids is 1. The predicted molar refractivity (Wildman–Crippen MR) is 102 cm³/mol. The van der Waals surface area contributed by atoms with E-state index in [1.165, 1.54) is 22.2 Å². The van der Waals surface area contributed by atoms with Crippen molar-refractivity contribution in [2.45, 2.75) is 19.5 Å². The zero-order valence-electron chi connectivity index (χ0n) is 14.9. The lowest BCUT2D eigenvalue weighted by Gasteiger charge is -2.21. The fourth-order valence-corrected chi connectivity index (χ4v) is 3.73. The molecular weight excluding hydrogens is 366 g/mol. The second kappa shape index (κ2) is 7.40. The number of nitrogens with zero attached hydrogens (tertiary/aromatic N) is 3. The molecule has 0 saturated heterocycles. The lowest BCUT2D eigenvalue weighted by Crippen LogP contribution is -2.29. The summed E-state index contributed by atoms with van der Waals surface area (Å²) in [5.74, 6) is 1.40. The van der Waals surface area contributed by atoms with E-state index in [-0.39, 0.29) is 17.9 Å². The molecule has 0 atom stereocenters. The molecule has 0 spiro atoms. The third-order valence-corrected chi connectivity index (χ3v) is 5.29. The fraction of sp³-hybridized carbons (Fsp3) is 0.316. The number of carbonyl (C=O) groups is 1. The number of thiophene rings is 1. The minimum atomic E-state index is -0.108. The summed E-state index contributed by atoms with van der Waals surface area (Å²) in [6.45, 7) is 1.85. The molecule has 0 bridgehead atoms. The molecule has 1 aliphatic rings. The van der Waals surface area contributed by atoms with Crippen molar-refractivity contribution in [2.24, 2.45) is 0 Å². The second-order valence-corrected chi connectivity index (χ2v) is 7.25. The highest BCUT2D eigenvalue weighted by molar-refractivity contribution is 7.16. The molecule has 2 aromatic heterocycles. The van der Waals surface area contributed by atoms with E-state index in [9.17, 15) is 9.59 Å². The number of aryl methyl sites for hydroxylation is 1. The average molecular weight is 385 g/mol. The summed E-state index contributed by atoms with van der Waals surface area (Å²) in [6, 6.07) is 7.46. The second-order valence-electron chi connectivity index (χ2n) is 6.36. The summed E-state index contributed by atoms with van der Waals surface area (Å²) < 4.78 is 12.6. The van der Waals surface area contributed by atoms with Crippen molar-refractivity contribution >= 4 is 27.5 Å². The zero-order chi connectivity index (χ0) is 18.8. The number of benzene rings is 1. The number of rotatable bonds is 5. The van der Waals surface area contributed by atoms with Gasteiger partial charge in [-0.3, -0.25) is 14.2 Å². The predicted octanol–water partition coefficient (Wildman–Crippen LogP) is 2.28. The summed E-state index contributed by atoms with van der Waals surface area (Å²) in [5, 5.41) is 2.44. The largest absolute Gasteiger partial charge is 0.486 e. The van der Waals surface area contributed by atoms with Gasteiger partial charge in [-0.25, -0.2) is 4.98 Å². The highest BCUT2D eigenvalue weighted by Crippen LogP contribution is 2.31. The van der Waals surface area contributed by atoms with Crippen LogP contribution in [0.1, 0.15) is 12.0 Å². The molecule has 27 heavy (non-hydrogen) atoms. The fourth-order valence-electron chi connectivity index (χ4n) is 3.01. The highest BCUT2D eigenvalue weighted by Gasteiger charge is 2.15. The van der Waals surface area contributed by atoms with Gasteiger partial charge in [0.25, 0.3) is 5.56 Å². The van der Waals surface area contributed by atoms with Crippen molar-refractivity contribution in [1.29, 1.82) is 0 Å². The molecule has 1 amide bonds. The van der Waals surface area contributed by atoms with Gasteiger partial charge in [-0.15, -0.1) is 11.3 Å². The number of aromatic nitrogens is 2. The van der Waals surface area contributed by atoms with Crippen LogP contribution in [0.3, 0.4) is 0 Å². The first-order valence-electron chi connectivity index (χ1n) is 8.67. The van der Waals surface area contributed by atoms with Crippen molar-refractivity contribution in [1.82, 2.24) is 14.5 Å². The summed E-state index contributed by atoms with van der Waals surface area (Å²) >= 11 is 1.43. The summed E-state index contributed by atoms with van der Waals surface area (Å²) in [5.41, 5.74) is 0.858. The smallest absolute Gasteiger partial charge is 0.262 e. The van der Waals surface area contributed by atoms with E-state index < -0.39 is 0 Å². The third-order valence-electron chi connectivity index (χ3n) is 4.47. The molecule has 1 aromatic carbocycles. The number of fused-ring (bicyclic) bond motifs is 2. The molecule has 8 heteroatoms. The normalized spacial score (nSPS) is 12.9. The van der Waals surface area contributed by atoms with Gasteiger partial charge in [0.2, 0.25) is 5.91 Å². The van der Waals surface area contributed by atoms with Crippen LogP contribution in [0.25, 0.3) is 10.2 Å². The monoisotopic (exact) mass is 385 g/mol. The Hall–Kier alpha value is -2.87. The van der Waals surface area contributed by atoms with Gasteiger partial charge >= 0.3 is 0 Å². The quantitative estimate of drug-likeness (QED) is 0.674. The maximum absolute atomic E-state index is 12.5. The molecular formula is C19H19N3O4S. The van der Waals surface area contributed by atoms with Gasteiger partial charge in [0.1, 0.15) is 18.0 Å². The van der Waals surface area contributed by atoms with Crippen LogP contribution in [-0.4, -0.2) is 40.6 Å². The van der Waals surface area contributed by atoms with E-state index >= 15 is 0 Å². The number of ether oxygens (including phenoxy) is 2. The van der Waals surface area contributed by atoms with Crippen LogP contribution in [0.4, 0.5) is 0 Å². The molecule has 7 nitrogen and oxygen atoms in total. The van der Waals surface area contributed by atoms with Crippen LogP contribution in [0.2, 0.25) is 0 Å². The van der Waals surface area contributed by atoms with Gasteiger partial charge in [-0.2, -0.15) is 0 Å². The standard InChI is InChI=1S/C19H19N3O4S/c1-21(11-13-2-3-15-16(10-13)26-8-7-25-15)17(23)4-6-22-12-20-18-14(19(22)24)5-9-27-18/h2-3,5,9-10,12H,4,6-8,11H2,1H3. The van der Waals surface area contributed by atoms with Gasteiger partial charge in [-0.05, 0) is 29.1 Å². The Bertz CT molecular complexity index is 1040. The Balaban J connectivity index is 1.39. The minimum absolute atomic E-state index is 0.0396. The third kappa shape index (κ3) is 3.66. The summed E-state index contributed by atoms with van der Waals surface area (Å²) in [7, 11) is 1.75. The molecule has 1 aliphatic heterocycles. The van der Waals surface area contributed by atoms with E-state index in [4.69, 9.17) is 9.47 Å². The van der Waals surface area contributed by atoms with Gasteiger partial charge in [-0.1, -0.05) is 6.07 Å². The molecule has 3 heterocycles. The van der Waals surface area contributed by atoms with Crippen LogP contribution in [-0.2, 0) is 17.9 Å². The van der Waals surface area contributed by atoms with Crippen molar-refractivity contribution in [3.63, 3.8) is 0 Å². The molecule has 0 unspecified atom stereocenters. The first-order valence-corrected chi connectivity index (χ1v) is 9.55. The lowest BCUT2D eigenvalue weighted by molar-refractivity contribution is -0.130. The molecule has 140 valence electrons. The van der Waals surface area contributed by atoms with Gasteiger partial charge in [0.05, 0.1) is 11.7 Å². The Morgan fingerprint density at radius 3 is 2.93 bits per heavy atom. The molecule has 4 rings (SSSR count). The van der Waals surface area contributed by atoms with Crippen LogP contribution < -0.4 is 15.0 Å². The Morgan fingerprint density at radius 2 is 2.07 bits per heavy atom. The van der Waals surface area contributed by atoms with E-state index in [0.29, 0.717) is 37.4 Å². The minimum Gasteiger partial charge on any atom is -0.486 e. The van der Waals surface area contributed by atoms with Gasteiger partial charge in [0, 0.05) is 26.6 Å². The van der Waals surface area contributed by atoms with Crippen LogP contribution in [0, 0.1) is 0 Å². The maximum atomic E-state index is 12.5. The SMILES string of the molecule is CN(Cc1ccc2c(c1)OCCO2)C(=O)CCn1cnc2sccc2c1=O. The maximum Gasteiger partial charge on any atom is 0.262 e. The summed E-state index contributed by atoms with van der Waals surface area (Å²) in [6.07, 6.45) is 1.74. The van der Waals surface area contributed by atoms with Crippen LogP contribution >= 0.6 is 11.3 Å². The molecule has 0 N–H and O–H groups in total. The molecule has 0 aliphatic carbocycles. The Kier molecular flexibility index (Phi) is 4.81. The Labute approximate surface area is 159 Å². The number of hydrogen-bond donors (Lipinski definition) is 0. The van der Waals surface area contributed by atoms with Crippen LogP contribution in [0.5, 0.6) is 11.5 Å². The van der Waals surface area contributed by atoms with Crippen molar-refractivity contribution in [3.8, 4) is 11.5 Å². The van der Waals surface area contributed by atoms with Gasteiger partial charge < -0.3 is 14.4 Å². The van der Waals surface area contributed by atoms with Crippen LogP contribution in [0.15, 0.2) is 40.8 Å². The molecule has 0 fully saturated rings. The summed E-state index contributed by atoms with van der Waals surface area (Å²) in [4.78, 5) is 31.5. The highest BCUT2D eigenvalue weighted by atomic mass is 32.1. The van der Waals surface area contributed by atoms with E-state index in [0.717, 1.165) is 16.1 Å². The first-order chi connectivity index (χ1) is 13.1. The van der Waals surface area contributed by atoms with E-state index in [2.05, 4.69) is 4.98 Å². The van der Waals surface area contributed by atoms with Crippen molar-refractivity contribution in [3.05, 3.63) is 51.9 Å². The molecule has 0 saturated carbocycles. The Morgan fingerprint density at radius 1 is 1.26 bits per heavy atom. The molecule has 3 aromatic rings. The average Bonchev–Trinajstić information content (AvgIpc) is 3.17. The van der Waals surface area contributed by atoms with E-state index in [1.807, 2.05) is 23.6 Å². The topological polar surface area (TPSA) is 73.7 Å². The zero-order valence-corrected chi connectivity index (χ0v) is 15.7. The first kappa shape index (κ1) is 17.5. The van der Waals surface area contributed by atoms with Gasteiger partial charge in [0.15, 0.2) is 11.5 Å². The molecule has 0 radical (unpaired) electrons. The van der Waals surface area contributed by atoms with Crippen molar-refractivity contribution in [2.75, 3.05) is 20.3 Å². The number of amides is 1. The number of hydrogen-bond acceptors (Lipinski definition) is 6. The van der Waals surface area contributed by atoms with E-state index in [1.54, 1.807) is 18.0 Å². The van der Waals surface area contributed by atoms with Crippen molar-refractivity contribution < 1.29 is 14.3 Å².